The van der Waals surface area contributed by atoms with Crippen molar-refractivity contribution in [3.63, 3.8) is 0 Å². The van der Waals surface area contributed by atoms with Crippen molar-refractivity contribution >= 4 is 62.4 Å². The number of aryl methyl sites for hydroxylation is 2. The van der Waals surface area contributed by atoms with Crippen molar-refractivity contribution in [2.24, 2.45) is 7.05 Å². The van der Waals surface area contributed by atoms with Crippen LogP contribution in [-0.2, 0) is 24.7 Å². The first-order valence-corrected chi connectivity index (χ1v) is 12.1. The van der Waals surface area contributed by atoms with Crippen LogP contribution in [0.25, 0.3) is 10.2 Å². The number of fused-ring (bicyclic) bond motifs is 3. The zero-order valence-corrected chi connectivity index (χ0v) is 19.9. The average molecular weight is 482 g/mol. The molecule has 1 aromatic carbocycles. The molecule has 0 saturated carbocycles. The molecule has 0 unspecified atom stereocenters. The van der Waals surface area contributed by atoms with E-state index >= 15 is 0 Å². The quantitative estimate of drug-likeness (QED) is 0.404. The number of hydrogen-bond donors (Lipinski definition) is 1. The lowest BCUT2D eigenvalue weighted by Gasteiger charge is -2.19. The second kappa shape index (κ2) is 8.54. The summed E-state index contributed by atoms with van der Waals surface area (Å²) in [4.78, 5) is 32.5. The zero-order valence-electron chi connectivity index (χ0n) is 16.8. The van der Waals surface area contributed by atoms with Crippen LogP contribution in [0.15, 0.2) is 28.2 Å². The molecule has 2 atom stereocenters. The number of aromatic nitrogens is 2. The van der Waals surface area contributed by atoms with Crippen LogP contribution in [0.2, 0.25) is 10.0 Å². The molecule has 0 radical (unpaired) electrons. The summed E-state index contributed by atoms with van der Waals surface area (Å²) >= 11 is 15.1. The topological polar surface area (TPSA) is 64.0 Å². The van der Waals surface area contributed by atoms with Crippen LogP contribution in [0.1, 0.15) is 42.3 Å². The van der Waals surface area contributed by atoms with Gasteiger partial charge in [-0.3, -0.25) is 14.2 Å². The van der Waals surface area contributed by atoms with Gasteiger partial charge in [0.15, 0.2) is 5.16 Å². The van der Waals surface area contributed by atoms with Gasteiger partial charge in [0.05, 0.1) is 16.7 Å². The normalized spacial score (nSPS) is 15.2. The average Bonchev–Trinajstić information content (AvgIpc) is 3.26. The highest BCUT2D eigenvalue weighted by molar-refractivity contribution is 8.00. The van der Waals surface area contributed by atoms with Crippen molar-refractivity contribution < 1.29 is 4.79 Å². The molecule has 2 aromatic heterocycles. The first-order valence-electron chi connectivity index (χ1n) is 9.69. The second-order valence-corrected chi connectivity index (χ2v) is 10.7. The third-order valence-corrected chi connectivity index (χ3v) is 8.24. The van der Waals surface area contributed by atoms with E-state index in [0.29, 0.717) is 15.2 Å². The Labute approximate surface area is 192 Å². The first-order chi connectivity index (χ1) is 14.3. The molecule has 0 fully saturated rings. The van der Waals surface area contributed by atoms with Crippen molar-refractivity contribution in [3.05, 3.63) is 54.6 Å². The molecule has 0 bridgehead atoms. The van der Waals surface area contributed by atoms with Crippen molar-refractivity contribution in [3.8, 4) is 0 Å². The van der Waals surface area contributed by atoms with Crippen LogP contribution in [-0.4, -0.2) is 20.7 Å². The molecule has 1 N–H and O–H groups in total. The molecule has 0 spiro atoms. The van der Waals surface area contributed by atoms with Gasteiger partial charge < -0.3 is 5.32 Å². The Hall–Kier alpha value is -1.54. The summed E-state index contributed by atoms with van der Waals surface area (Å²) in [6.45, 7) is 3.68. The first kappa shape index (κ1) is 21.7. The molecule has 9 heteroatoms. The molecule has 1 aliphatic carbocycles. The Balaban J connectivity index is 1.52. The summed E-state index contributed by atoms with van der Waals surface area (Å²) in [5.74, 6) is -0.151. The second-order valence-electron chi connectivity index (χ2n) is 7.45. The maximum atomic E-state index is 12.9. The van der Waals surface area contributed by atoms with Crippen LogP contribution in [0.5, 0.6) is 0 Å². The summed E-state index contributed by atoms with van der Waals surface area (Å²) in [6, 6.07) is 4.94. The summed E-state index contributed by atoms with van der Waals surface area (Å²) in [6.07, 6.45) is 3.07. The lowest BCUT2D eigenvalue weighted by Crippen LogP contribution is -2.33. The molecule has 2 heterocycles. The van der Waals surface area contributed by atoms with Crippen LogP contribution >= 0.6 is 46.3 Å². The molecule has 1 amide bonds. The highest BCUT2D eigenvalue weighted by Gasteiger charge is 2.25. The maximum Gasteiger partial charge on any atom is 0.262 e. The van der Waals surface area contributed by atoms with Gasteiger partial charge in [-0.25, -0.2) is 4.98 Å². The summed E-state index contributed by atoms with van der Waals surface area (Å²) in [7, 11) is 1.72. The fraction of sp³-hybridized carbons (Fsp3) is 0.381. The molecular weight excluding hydrogens is 461 g/mol. The lowest BCUT2D eigenvalue weighted by molar-refractivity contribution is -0.120. The Kier molecular flexibility index (Phi) is 6.17. The molecule has 0 aliphatic heterocycles. The predicted molar refractivity (Wildman–Crippen MR) is 125 cm³/mol. The fourth-order valence-corrected chi connectivity index (χ4v) is 6.44. The van der Waals surface area contributed by atoms with Gasteiger partial charge in [0.25, 0.3) is 5.56 Å². The van der Waals surface area contributed by atoms with E-state index in [2.05, 4.69) is 5.32 Å². The molecule has 30 heavy (non-hydrogen) atoms. The van der Waals surface area contributed by atoms with Gasteiger partial charge in [0.1, 0.15) is 4.83 Å². The minimum Gasteiger partial charge on any atom is -0.349 e. The minimum atomic E-state index is -0.430. The molecule has 5 nitrogen and oxygen atoms in total. The Morgan fingerprint density at radius 3 is 2.80 bits per heavy atom. The zero-order chi connectivity index (χ0) is 21.6. The highest BCUT2D eigenvalue weighted by Crippen LogP contribution is 2.36. The Morgan fingerprint density at radius 2 is 2.07 bits per heavy atom. The smallest absolute Gasteiger partial charge is 0.262 e. The van der Waals surface area contributed by atoms with E-state index in [1.165, 1.54) is 22.2 Å². The van der Waals surface area contributed by atoms with E-state index in [4.69, 9.17) is 28.2 Å². The van der Waals surface area contributed by atoms with Gasteiger partial charge in [0, 0.05) is 22.0 Å². The molecule has 158 valence electrons. The lowest BCUT2D eigenvalue weighted by atomic mass is 10.1. The predicted octanol–water partition coefficient (Wildman–Crippen LogP) is 5.15. The van der Waals surface area contributed by atoms with Crippen LogP contribution in [0.4, 0.5) is 0 Å². The number of carbonyl (C=O) groups excluding carboxylic acids is 1. The van der Waals surface area contributed by atoms with E-state index in [9.17, 15) is 9.59 Å². The van der Waals surface area contributed by atoms with Gasteiger partial charge >= 0.3 is 0 Å². The number of hydrogen-bond acceptors (Lipinski definition) is 5. The van der Waals surface area contributed by atoms with Crippen molar-refractivity contribution in [2.45, 2.75) is 49.6 Å². The van der Waals surface area contributed by atoms with Crippen molar-refractivity contribution in [2.75, 3.05) is 0 Å². The summed E-state index contributed by atoms with van der Waals surface area (Å²) in [5.41, 5.74) is 1.93. The van der Waals surface area contributed by atoms with E-state index < -0.39 is 5.25 Å². The SMILES string of the molecule is C[C@@H](Sc1nc2sc3c(c2c(=O)n1C)CCC3)C(=O)N[C@H](C)c1ccc(Cl)cc1Cl. The van der Waals surface area contributed by atoms with Gasteiger partial charge in [0.2, 0.25) is 5.91 Å². The number of carbonyl (C=O) groups is 1. The number of thiophene rings is 1. The summed E-state index contributed by atoms with van der Waals surface area (Å²) < 4.78 is 1.56. The van der Waals surface area contributed by atoms with Crippen LogP contribution in [0.3, 0.4) is 0 Å². The summed E-state index contributed by atoms with van der Waals surface area (Å²) in [5, 5.41) is 4.91. The largest absolute Gasteiger partial charge is 0.349 e. The van der Waals surface area contributed by atoms with E-state index in [0.717, 1.165) is 35.0 Å². The molecule has 4 rings (SSSR count). The monoisotopic (exact) mass is 481 g/mol. The Morgan fingerprint density at radius 1 is 1.30 bits per heavy atom. The molecule has 1 aliphatic rings. The molecule has 0 saturated heterocycles. The number of amides is 1. The fourth-order valence-electron chi connectivity index (χ4n) is 3.68. The number of benzene rings is 1. The van der Waals surface area contributed by atoms with Gasteiger partial charge in [-0.2, -0.15) is 0 Å². The highest BCUT2D eigenvalue weighted by atomic mass is 35.5. The van der Waals surface area contributed by atoms with Crippen LogP contribution < -0.4 is 10.9 Å². The number of nitrogens with zero attached hydrogens (tertiary/aromatic N) is 2. The number of halogens is 2. The third-order valence-electron chi connectivity index (χ3n) is 5.34. The number of thioether (sulfide) groups is 1. The van der Waals surface area contributed by atoms with E-state index in [-0.39, 0.29) is 17.5 Å². The van der Waals surface area contributed by atoms with Gasteiger partial charge in [-0.15, -0.1) is 11.3 Å². The van der Waals surface area contributed by atoms with Crippen molar-refractivity contribution in [1.82, 2.24) is 14.9 Å². The maximum absolute atomic E-state index is 12.9. The third kappa shape index (κ3) is 4.00. The van der Waals surface area contributed by atoms with Crippen molar-refractivity contribution in [1.29, 1.82) is 0 Å². The number of nitrogens with one attached hydrogen (secondary N) is 1. The number of rotatable bonds is 5. The van der Waals surface area contributed by atoms with Gasteiger partial charge in [-0.1, -0.05) is 41.0 Å². The van der Waals surface area contributed by atoms with Crippen LogP contribution in [0, 0.1) is 0 Å². The Bertz CT molecular complexity index is 1210. The van der Waals surface area contributed by atoms with Gasteiger partial charge in [-0.05, 0) is 56.4 Å². The molecular formula is C21H21Cl2N3O2S2. The standard InChI is InChI=1S/C21H21Cl2N3O2S2/c1-10(13-8-7-12(22)9-15(13)23)24-18(27)11(2)29-21-25-19-17(20(28)26(21)3)14-5-4-6-16(14)30-19/h7-11H,4-6H2,1-3H3,(H,24,27)/t10-,11-/m1/s1. The molecule has 3 aromatic rings. The van der Waals surface area contributed by atoms with E-state index in [1.54, 1.807) is 42.0 Å². The minimum absolute atomic E-state index is 0.0316. The van der Waals surface area contributed by atoms with E-state index in [1.807, 2.05) is 13.0 Å².